The third-order valence-electron chi connectivity index (χ3n) is 2.07. The summed E-state index contributed by atoms with van der Waals surface area (Å²) in [6.45, 7) is -1.02. The van der Waals surface area contributed by atoms with Crippen molar-refractivity contribution in [2.75, 3.05) is 27.2 Å². The topological polar surface area (TPSA) is 60.9 Å². The van der Waals surface area contributed by atoms with Crippen LogP contribution in [0.15, 0.2) is 0 Å². The Hall–Kier alpha value is -1.31. The Morgan fingerprint density at radius 1 is 1.29 bits per heavy atom. The van der Waals surface area contributed by atoms with Crippen LogP contribution >= 0.6 is 0 Å². The molecule has 100 valence electrons. The van der Waals surface area contributed by atoms with Gasteiger partial charge in [0.05, 0.1) is 19.1 Å². The molecule has 1 atom stereocenters. The number of alkyl halides is 3. The van der Waals surface area contributed by atoms with Crippen LogP contribution in [0.25, 0.3) is 0 Å². The first-order chi connectivity index (χ1) is 7.54. The van der Waals surface area contributed by atoms with Gasteiger partial charge >= 0.3 is 12.1 Å². The summed E-state index contributed by atoms with van der Waals surface area (Å²) in [5.41, 5.74) is 0. The fourth-order valence-corrected chi connectivity index (χ4v) is 1.26. The predicted molar refractivity (Wildman–Crippen MR) is 53.4 cm³/mol. The summed E-state index contributed by atoms with van der Waals surface area (Å²) >= 11 is 0. The van der Waals surface area contributed by atoms with Crippen molar-refractivity contribution in [2.24, 2.45) is 0 Å². The fourth-order valence-electron chi connectivity index (χ4n) is 1.26. The van der Waals surface area contributed by atoms with E-state index in [1.807, 2.05) is 0 Å². The highest BCUT2D eigenvalue weighted by molar-refractivity contribution is 5.81. The van der Waals surface area contributed by atoms with Gasteiger partial charge in [0, 0.05) is 14.1 Å². The molecule has 0 heterocycles. The summed E-state index contributed by atoms with van der Waals surface area (Å²) in [7, 11) is 2.79. The molecule has 0 bridgehead atoms. The number of hydrogen-bond acceptors (Lipinski definition) is 3. The Balaban J connectivity index is 4.79. The number of amides is 1. The Labute approximate surface area is 96.8 Å². The normalized spacial score (nSPS) is 13.6. The minimum Gasteiger partial charge on any atom is -0.480 e. The van der Waals surface area contributed by atoms with Crippen LogP contribution in [0.2, 0.25) is 0 Å². The Morgan fingerprint density at radius 2 is 1.76 bits per heavy atom. The van der Waals surface area contributed by atoms with E-state index in [4.69, 9.17) is 5.11 Å². The SMILES string of the molecule is CC(C(=O)N(C)C)N(CC(=O)O)CC(F)(F)F. The zero-order valence-corrected chi connectivity index (χ0v) is 9.78. The highest BCUT2D eigenvalue weighted by Crippen LogP contribution is 2.18. The van der Waals surface area contributed by atoms with Crippen LogP contribution < -0.4 is 0 Å². The van der Waals surface area contributed by atoms with Gasteiger partial charge in [-0.25, -0.2) is 0 Å². The number of nitrogens with zero attached hydrogens (tertiary/aromatic N) is 2. The molecular weight excluding hydrogens is 241 g/mol. The zero-order chi connectivity index (χ0) is 13.8. The Kier molecular flexibility index (Phi) is 5.40. The number of aliphatic carboxylic acids is 1. The second-order valence-electron chi connectivity index (χ2n) is 3.82. The molecule has 1 amide bonds. The van der Waals surface area contributed by atoms with Crippen molar-refractivity contribution in [3.8, 4) is 0 Å². The molecule has 1 N–H and O–H groups in total. The van der Waals surface area contributed by atoms with Gasteiger partial charge in [0.1, 0.15) is 0 Å². The van der Waals surface area contributed by atoms with Gasteiger partial charge in [0.2, 0.25) is 5.91 Å². The van der Waals surface area contributed by atoms with Crippen molar-refractivity contribution in [1.29, 1.82) is 0 Å². The lowest BCUT2D eigenvalue weighted by molar-refractivity contribution is -0.161. The molecule has 0 aliphatic carbocycles. The number of carboxylic acids is 1. The van der Waals surface area contributed by atoms with E-state index in [0.29, 0.717) is 4.90 Å². The molecule has 0 radical (unpaired) electrons. The molecule has 0 saturated carbocycles. The average Bonchev–Trinajstić information content (AvgIpc) is 2.11. The van der Waals surface area contributed by atoms with Gasteiger partial charge in [-0.1, -0.05) is 0 Å². The molecule has 0 spiro atoms. The molecule has 0 rings (SSSR count). The van der Waals surface area contributed by atoms with Crippen LogP contribution in [0.5, 0.6) is 0 Å². The molecule has 0 fully saturated rings. The minimum atomic E-state index is -4.55. The van der Waals surface area contributed by atoms with E-state index in [-0.39, 0.29) is 0 Å². The summed E-state index contributed by atoms with van der Waals surface area (Å²) in [5, 5.41) is 8.52. The van der Waals surface area contributed by atoms with E-state index in [2.05, 4.69) is 0 Å². The second kappa shape index (κ2) is 5.85. The van der Waals surface area contributed by atoms with Crippen LogP contribution in [0.1, 0.15) is 6.92 Å². The van der Waals surface area contributed by atoms with Crippen LogP contribution in [-0.4, -0.2) is 66.2 Å². The molecule has 1 unspecified atom stereocenters. The van der Waals surface area contributed by atoms with Gasteiger partial charge in [-0.15, -0.1) is 0 Å². The third-order valence-corrected chi connectivity index (χ3v) is 2.07. The summed E-state index contributed by atoms with van der Waals surface area (Å²) in [4.78, 5) is 23.6. The number of hydrogen-bond donors (Lipinski definition) is 1. The third kappa shape index (κ3) is 6.10. The highest BCUT2D eigenvalue weighted by atomic mass is 19.4. The number of rotatable bonds is 5. The highest BCUT2D eigenvalue weighted by Gasteiger charge is 2.35. The maximum absolute atomic E-state index is 12.2. The monoisotopic (exact) mass is 256 g/mol. The summed E-state index contributed by atoms with van der Waals surface area (Å²) in [6, 6.07) is -1.14. The molecule has 0 aliphatic heterocycles. The van der Waals surface area contributed by atoms with Crippen molar-refractivity contribution in [1.82, 2.24) is 9.80 Å². The summed E-state index contributed by atoms with van der Waals surface area (Å²) in [6.07, 6.45) is -4.55. The molecule has 0 aromatic carbocycles. The van der Waals surface area contributed by atoms with Crippen molar-refractivity contribution in [2.45, 2.75) is 19.1 Å². The molecule has 0 aliphatic rings. The summed E-state index contributed by atoms with van der Waals surface area (Å²) in [5.74, 6) is -1.98. The first kappa shape index (κ1) is 15.7. The Morgan fingerprint density at radius 3 is 2.06 bits per heavy atom. The van der Waals surface area contributed by atoms with Crippen molar-refractivity contribution < 1.29 is 27.9 Å². The zero-order valence-electron chi connectivity index (χ0n) is 9.78. The van der Waals surface area contributed by atoms with Gasteiger partial charge in [0.25, 0.3) is 0 Å². The molecule has 5 nitrogen and oxygen atoms in total. The number of carbonyl (C=O) groups is 2. The van der Waals surface area contributed by atoms with Crippen LogP contribution in [-0.2, 0) is 9.59 Å². The summed E-state index contributed by atoms with van der Waals surface area (Å²) < 4.78 is 36.7. The number of halogens is 3. The maximum Gasteiger partial charge on any atom is 0.401 e. The van der Waals surface area contributed by atoms with Crippen molar-refractivity contribution >= 4 is 11.9 Å². The van der Waals surface area contributed by atoms with E-state index in [1.165, 1.54) is 21.0 Å². The number of likely N-dealkylation sites (N-methyl/N-ethyl adjacent to an activating group) is 1. The standard InChI is InChI=1S/C9H15F3N2O3/c1-6(8(17)13(2)3)14(4-7(15)16)5-9(10,11)12/h6H,4-5H2,1-3H3,(H,15,16). The van der Waals surface area contributed by atoms with E-state index >= 15 is 0 Å². The lowest BCUT2D eigenvalue weighted by atomic mass is 10.2. The first-order valence-corrected chi connectivity index (χ1v) is 4.78. The van der Waals surface area contributed by atoms with E-state index in [0.717, 1.165) is 4.90 Å². The van der Waals surface area contributed by atoms with Gasteiger partial charge in [-0.3, -0.25) is 14.5 Å². The van der Waals surface area contributed by atoms with E-state index in [9.17, 15) is 22.8 Å². The van der Waals surface area contributed by atoms with Gasteiger partial charge < -0.3 is 10.0 Å². The fraction of sp³-hybridized carbons (Fsp3) is 0.778. The average molecular weight is 256 g/mol. The lowest BCUT2D eigenvalue weighted by Crippen LogP contribution is -2.50. The molecular formula is C9H15F3N2O3. The quantitative estimate of drug-likeness (QED) is 0.774. The van der Waals surface area contributed by atoms with Crippen LogP contribution in [0.3, 0.4) is 0 Å². The Bertz CT molecular complexity index is 292. The molecule has 8 heteroatoms. The smallest absolute Gasteiger partial charge is 0.401 e. The minimum absolute atomic E-state index is 0.574. The van der Waals surface area contributed by atoms with E-state index < -0.39 is 37.2 Å². The molecule has 0 aromatic heterocycles. The van der Waals surface area contributed by atoms with Crippen molar-refractivity contribution in [3.05, 3.63) is 0 Å². The van der Waals surface area contributed by atoms with Crippen LogP contribution in [0.4, 0.5) is 13.2 Å². The van der Waals surface area contributed by atoms with Gasteiger partial charge in [-0.05, 0) is 6.92 Å². The van der Waals surface area contributed by atoms with Gasteiger partial charge in [-0.2, -0.15) is 13.2 Å². The first-order valence-electron chi connectivity index (χ1n) is 4.78. The second-order valence-corrected chi connectivity index (χ2v) is 3.82. The molecule has 17 heavy (non-hydrogen) atoms. The molecule has 0 saturated heterocycles. The van der Waals surface area contributed by atoms with E-state index in [1.54, 1.807) is 0 Å². The number of carbonyl (C=O) groups excluding carboxylic acids is 1. The predicted octanol–water partition coefficient (Wildman–Crippen LogP) is 0.412. The van der Waals surface area contributed by atoms with Crippen LogP contribution in [0, 0.1) is 0 Å². The van der Waals surface area contributed by atoms with Gasteiger partial charge in [0.15, 0.2) is 0 Å². The van der Waals surface area contributed by atoms with Crippen molar-refractivity contribution in [3.63, 3.8) is 0 Å². The largest absolute Gasteiger partial charge is 0.480 e. The maximum atomic E-state index is 12.2. The lowest BCUT2D eigenvalue weighted by Gasteiger charge is -2.29. The number of carboxylic acid groups (broad SMARTS) is 1. The molecule has 0 aromatic rings.